The monoisotopic (exact) mass is 211 g/mol. The molecule has 76 valence electrons. The van der Waals surface area contributed by atoms with Crippen molar-refractivity contribution < 1.29 is 4.79 Å². The van der Waals surface area contributed by atoms with Gasteiger partial charge >= 0.3 is 6.03 Å². The predicted molar refractivity (Wildman–Crippen MR) is 55.6 cm³/mol. The molecule has 14 heavy (non-hydrogen) atoms. The maximum atomic E-state index is 11.4. The third-order valence-electron chi connectivity index (χ3n) is 2.28. The van der Waals surface area contributed by atoms with Gasteiger partial charge in [0.1, 0.15) is 0 Å². The predicted octanol–water partition coefficient (Wildman–Crippen LogP) is 1.30. The molecule has 1 heterocycles. The van der Waals surface area contributed by atoms with Crippen LogP contribution in [0.15, 0.2) is 17.5 Å². The van der Waals surface area contributed by atoms with Crippen molar-refractivity contribution in [3.05, 3.63) is 22.4 Å². The molecule has 1 saturated carbocycles. The molecule has 0 aliphatic heterocycles. The van der Waals surface area contributed by atoms with Gasteiger partial charge in [-0.25, -0.2) is 10.6 Å². The van der Waals surface area contributed by atoms with Gasteiger partial charge in [0, 0.05) is 10.9 Å². The molecule has 0 spiro atoms. The first-order valence-corrected chi connectivity index (χ1v) is 5.49. The van der Waals surface area contributed by atoms with E-state index in [9.17, 15) is 4.79 Å². The molecule has 4 nitrogen and oxygen atoms in total. The number of thiophene rings is 1. The number of urea groups is 1. The molecule has 0 atom stereocenters. The Labute approximate surface area is 86.7 Å². The van der Waals surface area contributed by atoms with Crippen LogP contribution in [-0.4, -0.2) is 17.0 Å². The van der Waals surface area contributed by atoms with Crippen molar-refractivity contribution in [2.75, 3.05) is 0 Å². The van der Waals surface area contributed by atoms with Gasteiger partial charge in [0.05, 0.1) is 6.54 Å². The summed E-state index contributed by atoms with van der Waals surface area (Å²) < 4.78 is 0. The number of hydrogen-bond acceptors (Lipinski definition) is 3. The number of hydrazine groups is 1. The molecule has 2 rings (SSSR count). The van der Waals surface area contributed by atoms with Crippen molar-refractivity contribution in [2.24, 2.45) is 5.84 Å². The van der Waals surface area contributed by atoms with Crippen molar-refractivity contribution in [1.29, 1.82) is 0 Å². The third kappa shape index (κ3) is 2.05. The van der Waals surface area contributed by atoms with E-state index in [1.807, 2.05) is 17.5 Å². The number of nitrogens with zero attached hydrogens (tertiary/aromatic N) is 1. The van der Waals surface area contributed by atoms with Crippen LogP contribution in [0.2, 0.25) is 0 Å². The maximum Gasteiger partial charge on any atom is 0.332 e. The zero-order valence-electron chi connectivity index (χ0n) is 7.77. The van der Waals surface area contributed by atoms with Gasteiger partial charge in [0.2, 0.25) is 0 Å². The van der Waals surface area contributed by atoms with Crippen LogP contribution in [0.5, 0.6) is 0 Å². The van der Waals surface area contributed by atoms with Gasteiger partial charge in [-0.2, -0.15) is 0 Å². The number of hydrogen-bond donors (Lipinski definition) is 2. The lowest BCUT2D eigenvalue weighted by molar-refractivity contribution is 0.193. The van der Waals surface area contributed by atoms with Gasteiger partial charge in [-0.1, -0.05) is 6.07 Å². The van der Waals surface area contributed by atoms with Crippen LogP contribution < -0.4 is 11.3 Å². The first kappa shape index (κ1) is 9.48. The van der Waals surface area contributed by atoms with Crippen molar-refractivity contribution in [2.45, 2.75) is 25.4 Å². The molecule has 1 aromatic rings. The third-order valence-corrected chi connectivity index (χ3v) is 3.14. The lowest BCUT2D eigenvalue weighted by Crippen LogP contribution is -2.44. The second kappa shape index (κ2) is 3.98. The lowest BCUT2D eigenvalue weighted by atomic mass is 10.4. The van der Waals surface area contributed by atoms with E-state index in [-0.39, 0.29) is 6.03 Å². The molecule has 5 heteroatoms. The molecule has 0 radical (unpaired) electrons. The molecule has 0 unspecified atom stereocenters. The molecule has 0 saturated heterocycles. The Morgan fingerprint density at radius 2 is 2.50 bits per heavy atom. The van der Waals surface area contributed by atoms with E-state index >= 15 is 0 Å². The van der Waals surface area contributed by atoms with Crippen LogP contribution >= 0.6 is 11.3 Å². The first-order chi connectivity index (χ1) is 6.81. The Bertz CT molecular complexity index is 308. The molecule has 1 aromatic heterocycles. The van der Waals surface area contributed by atoms with Gasteiger partial charge in [0.25, 0.3) is 0 Å². The molecule has 1 fully saturated rings. The number of carbonyl (C=O) groups is 1. The zero-order chi connectivity index (χ0) is 9.97. The summed E-state index contributed by atoms with van der Waals surface area (Å²) in [5.41, 5.74) is 2.19. The molecule has 0 aromatic carbocycles. The fourth-order valence-electron chi connectivity index (χ4n) is 1.41. The summed E-state index contributed by atoms with van der Waals surface area (Å²) >= 11 is 1.66. The molecule has 2 amide bonds. The van der Waals surface area contributed by atoms with Gasteiger partial charge in [-0.15, -0.1) is 11.3 Å². The number of carbonyl (C=O) groups excluding carboxylic acids is 1. The Balaban J connectivity index is 2.00. The van der Waals surface area contributed by atoms with Crippen LogP contribution in [0.3, 0.4) is 0 Å². The average Bonchev–Trinajstić information content (AvgIpc) is 2.92. The largest absolute Gasteiger partial charge is 0.332 e. The molecular weight excluding hydrogens is 198 g/mol. The standard InChI is InChI=1S/C9H13N3OS/c10-11-9(13)12(7-3-4-7)6-8-2-1-5-14-8/h1-2,5,7H,3-4,6,10H2,(H,11,13). The second-order valence-electron chi connectivity index (χ2n) is 3.39. The van der Waals surface area contributed by atoms with E-state index in [4.69, 9.17) is 5.84 Å². The summed E-state index contributed by atoms with van der Waals surface area (Å²) in [7, 11) is 0. The van der Waals surface area contributed by atoms with Gasteiger partial charge in [-0.3, -0.25) is 5.43 Å². The van der Waals surface area contributed by atoms with E-state index < -0.39 is 0 Å². The molecule has 1 aliphatic rings. The Morgan fingerprint density at radius 1 is 1.71 bits per heavy atom. The van der Waals surface area contributed by atoms with E-state index in [0.29, 0.717) is 12.6 Å². The summed E-state index contributed by atoms with van der Waals surface area (Å²) in [6.45, 7) is 0.672. The van der Waals surface area contributed by atoms with E-state index in [0.717, 1.165) is 12.8 Å². The second-order valence-corrected chi connectivity index (χ2v) is 4.42. The number of amides is 2. The molecular formula is C9H13N3OS. The van der Waals surface area contributed by atoms with Crippen molar-refractivity contribution in [3.8, 4) is 0 Å². The SMILES string of the molecule is NNC(=O)N(Cc1cccs1)C1CC1. The fourth-order valence-corrected chi connectivity index (χ4v) is 2.11. The van der Waals surface area contributed by atoms with Crippen molar-refractivity contribution in [3.63, 3.8) is 0 Å². The van der Waals surface area contributed by atoms with E-state index in [2.05, 4.69) is 5.43 Å². The average molecular weight is 211 g/mol. The molecule has 3 N–H and O–H groups in total. The maximum absolute atomic E-state index is 11.4. The lowest BCUT2D eigenvalue weighted by Gasteiger charge is -2.20. The van der Waals surface area contributed by atoms with Crippen molar-refractivity contribution >= 4 is 17.4 Å². The quantitative estimate of drug-likeness (QED) is 0.450. The van der Waals surface area contributed by atoms with Crippen molar-refractivity contribution in [1.82, 2.24) is 10.3 Å². The van der Waals surface area contributed by atoms with Crippen LogP contribution in [-0.2, 0) is 6.54 Å². The summed E-state index contributed by atoms with van der Waals surface area (Å²) in [6, 6.07) is 4.23. The van der Waals surface area contributed by atoms with Gasteiger partial charge in [0.15, 0.2) is 0 Å². The minimum absolute atomic E-state index is 0.180. The topological polar surface area (TPSA) is 58.4 Å². The number of nitrogens with one attached hydrogen (secondary N) is 1. The molecule has 0 bridgehead atoms. The van der Waals surface area contributed by atoms with E-state index in [1.165, 1.54) is 4.88 Å². The highest BCUT2D eigenvalue weighted by Crippen LogP contribution is 2.28. The Kier molecular flexibility index (Phi) is 2.69. The summed E-state index contributed by atoms with van der Waals surface area (Å²) in [6.07, 6.45) is 2.19. The Morgan fingerprint density at radius 3 is 3.00 bits per heavy atom. The van der Waals surface area contributed by atoms with Crippen LogP contribution in [0, 0.1) is 0 Å². The molecule has 1 aliphatic carbocycles. The van der Waals surface area contributed by atoms with Crippen LogP contribution in [0.4, 0.5) is 4.79 Å². The minimum Gasteiger partial charge on any atom is -0.316 e. The smallest absolute Gasteiger partial charge is 0.316 e. The zero-order valence-corrected chi connectivity index (χ0v) is 8.59. The Hall–Kier alpha value is -1.07. The van der Waals surface area contributed by atoms with Gasteiger partial charge < -0.3 is 4.90 Å². The highest BCUT2D eigenvalue weighted by atomic mass is 32.1. The number of nitrogens with two attached hydrogens (primary N) is 1. The van der Waals surface area contributed by atoms with E-state index in [1.54, 1.807) is 16.2 Å². The minimum atomic E-state index is -0.180. The first-order valence-electron chi connectivity index (χ1n) is 4.61. The number of rotatable bonds is 3. The fraction of sp³-hybridized carbons (Fsp3) is 0.444. The summed E-state index contributed by atoms with van der Waals surface area (Å²) in [5, 5.41) is 2.01. The highest BCUT2D eigenvalue weighted by molar-refractivity contribution is 7.09. The van der Waals surface area contributed by atoms with Crippen LogP contribution in [0.25, 0.3) is 0 Å². The highest BCUT2D eigenvalue weighted by Gasteiger charge is 2.32. The van der Waals surface area contributed by atoms with Crippen LogP contribution in [0.1, 0.15) is 17.7 Å². The normalized spacial score (nSPS) is 15.2. The summed E-state index contributed by atoms with van der Waals surface area (Å²) in [5.74, 6) is 5.13. The summed E-state index contributed by atoms with van der Waals surface area (Å²) in [4.78, 5) is 14.4. The van der Waals surface area contributed by atoms with Gasteiger partial charge in [-0.05, 0) is 24.3 Å².